The van der Waals surface area contributed by atoms with Gasteiger partial charge in [-0.3, -0.25) is 0 Å². The van der Waals surface area contributed by atoms with E-state index in [0.29, 0.717) is 36.8 Å². The number of amides is 2. The van der Waals surface area contributed by atoms with Crippen molar-refractivity contribution in [1.29, 1.82) is 0 Å². The molecule has 150 valence electrons. The number of carbonyl (C=O) groups excluding carboxylic acids is 1. The second-order valence-electron chi connectivity index (χ2n) is 6.65. The summed E-state index contributed by atoms with van der Waals surface area (Å²) in [5.74, 6) is 0.853. The Morgan fingerprint density at radius 3 is 2.64 bits per heavy atom. The van der Waals surface area contributed by atoms with Crippen LogP contribution in [0.5, 0.6) is 11.5 Å². The van der Waals surface area contributed by atoms with E-state index >= 15 is 0 Å². The number of methoxy groups -OCH3 is 2. The first-order chi connectivity index (χ1) is 13.6. The van der Waals surface area contributed by atoms with Crippen molar-refractivity contribution >= 4 is 6.03 Å². The monoisotopic (exact) mass is 388 g/mol. The van der Waals surface area contributed by atoms with Crippen LogP contribution in [0.3, 0.4) is 0 Å². The lowest BCUT2D eigenvalue weighted by Gasteiger charge is -2.25. The maximum Gasteiger partial charge on any atom is 0.318 e. The highest BCUT2D eigenvalue weighted by Gasteiger charge is 2.23. The third-order valence-electron chi connectivity index (χ3n) is 4.68. The van der Waals surface area contributed by atoms with Crippen LogP contribution in [0.4, 0.5) is 9.18 Å². The van der Waals surface area contributed by atoms with Gasteiger partial charge in [-0.05, 0) is 30.2 Å². The van der Waals surface area contributed by atoms with Crippen molar-refractivity contribution in [2.24, 2.45) is 0 Å². The first kappa shape index (κ1) is 19.9. The summed E-state index contributed by atoms with van der Waals surface area (Å²) in [4.78, 5) is 14.5. The Hall–Kier alpha value is -2.80. The van der Waals surface area contributed by atoms with Crippen LogP contribution in [0.1, 0.15) is 17.5 Å². The van der Waals surface area contributed by atoms with Crippen LogP contribution < -0.4 is 14.8 Å². The zero-order chi connectivity index (χ0) is 19.9. The molecule has 2 aromatic carbocycles. The molecule has 28 heavy (non-hydrogen) atoms. The van der Waals surface area contributed by atoms with Crippen molar-refractivity contribution in [3.05, 3.63) is 59.4 Å². The fourth-order valence-electron chi connectivity index (χ4n) is 3.15. The summed E-state index contributed by atoms with van der Waals surface area (Å²) in [5.41, 5.74) is 1.31. The maximum absolute atomic E-state index is 14.2. The van der Waals surface area contributed by atoms with Gasteiger partial charge in [-0.2, -0.15) is 0 Å². The number of nitrogens with one attached hydrogen (secondary N) is 1. The predicted octanol–water partition coefficient (Wildman–Crippen LogP) is 3.34. The minimum absolute atomic E-state index is 0.0268. The van der Waals surface area contributed by atoms with Gasteiger partial charge in [-0.1, -0.05) is 24.3 Å². The van der Waals surface area contributed by atoms with E-state index < -0.39 is 0 Å². The summed E-state index contributed by atoms with van der Waals surface area (Å²) in [5, 5.41) is 2.97. The number of urea groups is 1. The first-order valence-corrected chi connectivity index (χ1v) is 9.18. The summed E-state index contributed by atoms with van der Waals surface area (Å²) < 4.78 is 30.1. The molecule has 2 amide bonds. The van der Waals surface area contributed by atoms with E-state index in [4.69, 9.17) is 14.2 Å². The average Bonchev–Trinajstić information content (AvgIpc) is 3.21. The molecule has 1 saturated heterocycles. The molecule has 3 rings (SSSR count). The molecule has 7 heteroatoms. The molecule has 1 atom stereocenters. The van der Waals surface area contributed by atoms with Crippen LogP contribution in [0.2, 0.25) is 0 Å². The fourth-order valence-corrected chi connectivity index (χ4v) is 3.15. The molecule has 1 heterocycles. The number of hydrogen-bond donors (Lipinski definition) is 1. The number of carbonyl (C=O) groups is 1. The molecule has 0 aromatic heterocycles. The largest absolute Gasteiger partial charge is 0.493 e. The second kappa shape index (κ2) is 9.41. The lowest BCUT2D eigenvalue weighted by Crippen LogP contribution is -2.44. The molecule has 0 bridgehead atoms. The van der Waals surface area contributed by atoms with Gasteiger partial charge in [-0.15, -0.1) is 0 Å². The number of hydrogen-bond acceptors (Lipinski definition) is 4. The van der Waals surface area contributed by atoms with Crippen molar-refractivity contribution in [3.8, 4) is 11.5 Å². The predicted molar refractivity (Wildman–Crippen MR) is 103 cm³/mol. The van der Waals surface area contributed by atoms with Crippen molar-refractivity contribution in [2.75, 3.05) is 27.4 Å². The van der Waals surface area contributed by atoms with Gasteiger partial charge in [0.05, 0.1) is 33.4 Å². The van der Waals surface area contributed by atoms with Crippen molar-refractivity contribution in [2.45, 2.75) is 25.6 Å². The molecule has 0 saturated carbocycles. The average molecular weight is 388 g/mol. The molecule has 1 N–H and O–H groups in total. The van der Waals surface area contributed by atoms with Gasteiger partial charge in [0.1, 0.15) is 5.82 Å². The minimum Gasteiger partial charge on any atom is -0.493 e. The van der Waals surface area contributed by atoms with Crippen molar-refractivity contribution in [1.82, 2.24) is 10.2 Å². The topological polar surface area (TPSA) is 60.0 Å². The molecular weight excluding hydrogens is 363 g/mol. The summed E-state index contributed by atoms with van der Waals surface area (Å²) in [7, 11) is 3.13. The number of halogens is 1. The third kappa shape index (κ3) is 4.92. The van der Waals surface area contributed by atoms with Gasteiger partial charge < -0.3 is 24.4 Å². The van der Waals surface area contributed by atoms with Crippen LogP contribution >= 0.6 is 0 Å². The summed E-state index contributed by atoms with van der Waals surface area (Å²) in [6.07, 6.45) is 0.773. The highest BCUT2D eigenvalue weighted by Crippen LogP contribution is 2.28. The molecule has 6 nitrogen and oxygen atoms in total. The van der Waals surface area contributed by atoms with E-state index in [2.05, 4.69) is 5.32 Å². The normalized spacial score (nSPS) is 15.9. The highest BCUT2D eigenvalue weighted by atomic mass is 19.1. The Morgan fingerprint density at radius 1 is 1.18 bits per heavy atom. The van der Waals surface area contributed by atoms with E-state index in [9.17, 15) is 9.18 Å². The summed E-state index contributed by atoms with van der Waals surface area (Å²) >= 11 is 0. The van der Waals surface area contributed by atoms with Crippen LogP contribution in [0.25, 0.3) is 0 Å². The number of benzene rings is 2. The number of nitrogens with zero attached hydrogens (tertiary/aromatic N) is 1. The van der Waals surface area contributed by atoms with Gasteiger partial charge in [0, 0.05) is 18.7 Å². The van der Waals surface area contributed by atoms with Crippen molar-refractivity contribution in [3.63, 3.8) is 0 Å². The lowest BCUT2D eigenvalue weighted by atomic mass is 10.1. The Bertz CT molecular complexity index is 809. The molecule has 0 radical (unpaired) electrons. The fraction of sp³-hybridized carbons (Fsp3) is 0.381. The Balaban J connectivity index is 1.80. The highest BCUT2D eigenvalue weighted by molar-refractivity contribution is 5.74. The van der Waals surface area contributed by atoms with Crippen LogP contribution in [0, 0.1) is 5.82 Å². The molecule has 1 aliphatic rings. The SMILES string of the molecule is COc1ccc(CN(Cc2ccccc2F)C(=O)NC2CCOC2)cc1OC. The molecule has 1 aliphatic heterocycles. The van der Waals surface area contributed by atoms with Gasteiger partial charge in [0.25, 0.3) is 0 Å². The van der Waals surface area contributed by atoms with E-state index in [1.165, 1.54) is 6.07 Å². The number of rotatable bonds is 7. The number of ether oxygens (including phenoxy) is 3. The first-order valence-electron chi connectivity index (χ1n) is 9.18. The second-order valence-corrected chi connectivity index (χ2v) is 6.65. The van der Waals surface area contributed by atoms with Crippen LogP contribution in [-0.2, 0) is 17.8 Å². The molecular formula is C21H25FN2O4. The zero-order valence-corrected chi connectivity index (χ0v) is 16.1. The van der Waals surface area contributed by atoms with Gasteiger partial charge in [0.2, 0.25) is 0 Å². The molecule has 2 aromatic rings. The van der Waals surface area contributed by atoms with E-state index in [0.717, 1.165) is 12.0 Å². The summed E-state index contributed by atoms with van der Waals surface area (Å²) in [6.45, 7) is 1.58. The van der Waals surface area contributed by atoms with Gasteiger partial charge >= 0.3 is 6.03 Å². The quantitative estimate of drug-likeness (QED) is 0.790. The van der Waals surface area contributed by atoms with Crippen LogP contribution in [0.15, 0.2) is 42.5 Å². The van der Waals surface area contributed by atoms with Crippen molar-refractivity contribution < 1.29 is 23.4 Å². The standard InChI is InChI=1S/C21H25FN2O4/c1-26-19-8-7-15(11-20(19)27-2)12-24(13-16-5-3-4-6-18(16)22)21(25)23-17-9-10-28-14-17/h3-8,11,17H,9-10,12-14H2,1-2H3,(H,23,25). The van der Waals surface area contributed by atoms with Gasteiger partial charge in [0.15, 0.2) is 11.5 Å². The molecule has 0 aliphatic carbocycles. The van der Waals surface area contributed by atoms with Gasteiger partial charge in [-0.25, -0.2) is 9.18 Å². The zero-order valence-electron chi connectivity index (χ0n) is 16.1. The lowest BCUT2D eigenvalue weighted by molar-refractivity contribution is 0.174. The van der Waals surface area contributed by atoms with E-state index in [1.807, 2.05) is 12.1 Å². The maximum atomic E-state index is 14.2. The Kier molecular flexibility index (Phi) is 6.71. The van der Waals surface area contributed by atoms with E-state index in [1.54, 1.807) is 43.4 Å². The molecule has 0 spiro atoms. The van der Waals surface area contributed by atoms with Crippen LogP contribution in [-0.4, -0.2) is 44.4 Å². The Morgan fingerprint density at radius 2 is 1.96 bits per heavy atom. The smallest absolute Gasteiger partial charge is 0.318 e. The summed E-state index contributed by atoms with van der Waals surface area (Å²) in [6, 6.07) is 11.7. The molecule has 1 unspecified atom stereocenters. The van der Waals surface area contributed by atoms with E-state index in [-0.39, 0.29) is 24.4 Å². The minimum atomic E-state index is -0.336. The Labute approximate surface area is 164 Å². The third-order valence-corrected chi connectivity index (χ3v) is 4.68. The molecule has 1 fully saturated rings.